The van der Waals surface area contributed by atoms with Crippen LogP contribution in [0.25, 0.3) is 0 Å². The first-order chi connectivity index (χ1) is 6.34. The maximum atomic E-state index is 5.78. The maximum Gasteiger partial charge on any atom is 0.152 e. The Labute approximate surface area is 86.0 Å². The number of benzene rings is 1. The lowest BCUT2D eigenvalue weighted by Gasteiger charge is -1.97. The molecule has 0 fully saturated rings. The van der Waals surface area contributed by atoms with Gasteiger partial charge < -0.3 is 0 Å². The highest BCUT2D eigenvalue weighted by atomic mass is 35.5. The second-order valence-corrected chi connectivity index (χ2v) is 4.07. The summed E-state index contributed by atoms with van der Waals surface area (Å²) >= 11 is 7.33. The van der Waals surface area contributed by atoms with Crippen molar-refractivity contribution in [2.75, 3.05) is 0 Å². The molecule has 1 radical (unpaired) electrons. The molecule has 0 aliphatic heterocycles. The van der Waals surface area contributed by atoms with E-state index in [-0.39, 0.29) is 0 Å². The van der Waals surface area contributed by atoms with Crippen LogP contribution in [0.4, 0.5) is 0 Å². The highest BCUT2D eigenvalue weighted by Gasteiger charge is 1.97. The van der Waals surface area contributed by atoms with Crippen molar-refractivity contribution >= 4 is 22.9 Å². The van der Waals surface area contributed by atoms with Gasteiger partial charge in [0, 0.05) is 22.5 Å². The van der Waals surface area contributed by atoms with Crippen LogP contribution < -0.4 is 0 Å². The minimum Gasteiger partial charge on any atom is -0.242 e. The molecule has 0 amide bonds. The second kappa shape index (κ2) is 3.90. The van der Waals surface area contributed by atoms with Crippen molar-refractivity contribution in [3.05, 3.63) is 51.4 Å². The number of nitrogens with zero attached hydrogens (tertiary/aromatic N) is 1. The molecule has 1 aromatic carbocycles. The summed E-state index contributed by atoms with van der Waals surface area (Å²) in [6.07, 6.45) is 2.76. The standard InChI is InChI=1S/C10H7ClNS/c11-9-3-1-8(2-4-9)5-10-6-12-7-13-10/h1-4,6H,5H2. The van der Waals surface area contributed by atoms with Crippen molar-refractivity contribution in [3.8, 4) is 0 Å². The van der Waals surface area contributed by atoms with Crippen LogP contribution in [0, 0.1) is 5.51 Å². The van der Waals surface area contributed by atoms with Gasteiger partial charge in [0.2, 0.25) is 0 Å². The third kappa shape index (κ3) is 2.29. The van der Waals surface area contributed by atoms with E-state index in [0.29, 0.717) is 0 Å². The Bertz CT molecular complexity index is 366. The molecule has 1 aromatic heterocycles. The van der Waals surface area contributed by atoms with Gasteiger partial charge in [-0.1, -0.05) is 23.7 Å². The average molecular weight is 209 g/mol. The van der Waals surface area contributed by atoms with Crippen LogP contribution in [0.1, 0.15) is 10.4 Å². The smallest absolute Gasteiger partial charge is 0.152 e. The molecule has 0 aliphatic carbocycles. The highest BCUT2D eigenvalue weighted by Crippen LogP contribution is 2.15. The Morgan fingerprint density at radius 3 is 2.69 bits per heavy atom. The van der Waals surface area contributed by atoms with Gasteiger partial charge in [-0.15, -0.1) is 11.3 Å². The van der Waals surface area contributed by atoms with Crippen molar-refractivity contribution in [1.82, 2.24) is 4.98 Å². The average Bonchev–Trinajstić information content (AvgIpc) is 2.62. The molecule has 0 atom stereocenters. The van der Waals surface area contributed by atoms with E-state index in [2.05, 4.69) is 10.5 Å². The molecule has 0 saturated heterocycles. The van der Waals surface area contributed by atoms with Gasteiger partial charge in [0.25, 0.3) is 0 Å². The van der Waals surface area contributed by atoms with Crippen LogP contribution >= 0.6 is 22.9 Å². The molecule has 0 unspecified atom stereocenters. The zero-order valence-corrected chi connectivity index (χ0v) is 8.40. The summed E-state index contributed by atoms with van der Waals surface area (Å²) in [6, 6.07) is 7.87. The van der Waals surface area contributed by atoms with Gasteiger partial charge in [-0.25, -0.2) is 4.98 Å². The predicted octanol–water partition coefficient (Wildman–Crippen LogP) is 3.19. The molecule has 65 valence electrons. The largest absolute Gasteiger partial charge is 0.242 e. The van der Waals surface area contributed by atoms with Gasteiger partial charge in [-0.3, -0.25) is 0 Å². The zero-order valence-electron chi connectivity index (χ0n) is 6.83. The van der Waals surface area contributed by atoms with Gasteiger partial charge >= 0.3 is 0 Å². The summed E-state index contributed by atoms with van der Waals surface area (Å²) < 4.78 is 0. The molecule has 2 aromatic rings. The van der Waals surface area contributed by atoms with Crippen LogP contribution in [0.5, 0.6) is 0 Å². The Morgan fingerprint density at radius 1 is 1.31 bits per heavy atom. The Hall–Kier alpha value is -0.860. The molecule has 0 spiro atoms. The molecule has 0 aliphatic rings. The lowest BCUT2D eigenvalue weighted by Crippen LogP contribution is -1.82. The number of hydrogen-bond donors (Lipinski definition) is 0. The lowest BCUT2D eigenvalue weighted by atomic mass is 10.1. The van der Waals surface area contributed by atoms with Crippen LogP contribution in [0.2, 0.25) is 5.02 Å². The van der Waals surface area contributed by atoms with E-state index in [9.17, 15) is 0 Å². The van der Waals surface area contributed by atoms with Gasteiger partial charge in [-0.2, -0.15) is 0 Å². The normalized spacial score (nSPS) is 10.2. The number of hydrogen-bond acceptors (Lipinski definition) is 2. The molecule has 1 nitrogen and oxygen atoms in total. The fourth-order valence-electron chi connectivity index (χ4n) is 1.09. The minimum atomic E-state index is 0.777. The van der Waals surface area contributed by atoms with E-state index in [4.69, 9.17) is 11.6 Å². The third-order valence-corrected chi connectivity index (χ3v) is 2.69. The van der Waals surface area contributed by atoms with E-state index in [1.807, 2.05) is 30.5 Å². The molecule has 3 heteroatoms. The third-order valence-electron chi connectivity index (χ3n) is 1.73. The highest BCUT2D eigenvalue weighted by molar-refractivity contribution is 7.09. The van der Waals surface area contributed by atoms with E-state index in [1.165, 1.54) is 10.4 Å². The summed E-state index contributed by atoms with van der Waals surface area (Å²) in [5.74, 6) is 0. The maximum absolute atomic E-state index is 5.78. The van der Waals surface area contributed by atoms with Crippen LogP contribution in [0.3, 0.4) is 0 Å². The van der Waals surface area contributed by atoms with Gasteiger partial charge in [0.15, 0.2) is 5.51 Å². The summed E-state index contributed by atoms with van der Waals surface area (Å²) in [5.41, 5.74) is 4.08. The first kappa shape index (κ1) is 8.73. The first-order valence-electron chi connectivity index (χ1n) is 3.90. The van der Waals surface area contributed by atoms with E-state index < -0.39 is 0 Å². The number of halogens is 1. The zero-order chi connectivity index (χ0) is 9.10. The fourth-order valence-corrected chi connectivity index (χ4v) is 1.79. The van der Waals surface area contributed by atoms with Crippen molar-refractivity contribution in [2.45, 2.75) is 6.42 Å². The predicted molar refractivity (Wildman–Crippen MR) is 55.2 cm³/mol. The van der Waals surface area contributed by atoms with Crippen LogP contribution in [0.15, 0.2) is 30.5 Å². The fraction of sp³-hybridized carbons (Fsp3) is 0.100. The van der Waals surface area contributed by atoms with Crippen LogP contribution in [-0.4, -0.2) is 4.98 Å². The summed E-state index contributed by atoms with van der Waals surface area (Å²) in [4.78, 5) is 5.13. The molecular weight excluding hydrogens is 202 g/mol. The van der Waals surface area contributed by atoms with Crippen molar-refractivity contribution in [3.63, 3.8) is 0 Å². The quantitative estimate of drug-likeness (QED) is 0.739. The van der Waals surface area contributed by atoms with Gasteiger partial charge in [-0.05, 0) is 17.7 Å². The Kier molecular flexibility index (Phi) is 2.62. The Morgan fingerprint density at radius 2 is 2.08 bits per heavy atom. The molecular formula is C10H7ClNS. The van der Waals surface area contributed by atoms with Crippen molar-refractivity contribution in [1.29, 1.82) is 0 Å². The van der Waals surface area contributed by atoms with Crippen molar-refractivity contribution in [2.24, 2.45) is 0 Å². The number of rotatable bonds is 2. The SMILES string of the molecule is Clc1ccc(Cc2cn[c]s2)cc1. The molecule has 0 N–H and O–H groups in total. The molecule has 2 rings (SSSR count). The molecule has 0 saturated carbocycles. The lowest BCUT2D eigenvalue weighted by molar-refractivity contribution is 1.22. The number of aromatic nitrogens is 1. The van der Waals surface area contributed by atoms with E-state index in [1.54, 1.807) is 11.3 Å². The summed E-state index contributed by atoms with van der Waals surface area (Å²) in [6.45, 7) is 0. The van der Waals surface area contributed by atoms with Crippen molar-refractivity contribution < 1.29 is 0 Å². The monoisotopic (exact) mass is 208 g/mol. The first-order valence-corrected chi connectivity index (χ1v) is 5.09. The molecule has 13 heavy (non-hydrogen) atoms. The van der Waals surface area contributed by atoms with E-state index >= 15 is 0 Å². The minimum absolute atomic E-state index is 0.777. The molecule has 0 bridgehead atoms. The Balaban J connectivity index is 2.15. The molecule has 1 heterocycles. The number of thiazole rings is 1. The second-order valence-electron chi connectivity index (χ2n) is 2.72. The van der Waals surface area contributed by atoms with Gasteiger partial charge in [0.1, 0.15) is 0 Å². The van der Waals surface area contributed by atoms with Crippen LogP contribution in [-0.2, 0) is 6.42 Å². The summed E-state index contributed by atoms with van der Waals surface area (Å²) in [5, 5.41) is 0.777. The summed E-state index contributed by atoms with van der Waals surface area (Å²) in [7, 11) is 0. The van der Waals surface area contributed by atoms with E-state index in [0.717, 1.165) is 11.4 Å². The van der Waals surface area contributed by atoms with Gasteiger partial charge in [0.05, 0.1) is 0 Å². The topological polar surface area (TPSA) is 12.9 Å².